The van der Waals surface area contributed by atoms with Gasteiger partial charge in [-0.2, -0.15) is 0 Å². The Morgan fingerprint density at radius 2 is 2.41 bits per heavy atom. The molecule has 4 nitrogen and oxygen atoms in total. The lowest BCUT2D eigenvalue weighted by Gasteiger charge is -2.34. The van der Waals surface area contributed by atoms with Gasteiger partial charge in [0.25, 0.3) is 0 Å². The van der Waals surface area contributed by atoms with Crippen molar-refractivity contribution < 1.29 is 4.52 Å². The van der Waals surface area contributed by atoms with Gasteiger partial charge < -0.3 is 10.3 Å². The number of nitrogens with two attached hydrogens (primary N) is 1. The second-order valence-corrected chi connectivity index (χ2v) is 4.93. The van der Waals surface area contributed by atoms with Crippen LogP contribution in [0.3, 0.4) is 0 Å². The Morgan fingerprint density at radius 3 is 3.00 bits per heavy atom. The predicted molar refractivity (Wildman–Crippen MR) is 70.1 cm³/mol. The van der Waals surface area contributed by atoms with Gasteiger partial charge in [-0.25, -0.2) is 0 Å². The van der Waals surface area contributed by atoms with Gasteiger partial charge in [0.1, 0.15) is 5.76 Å². The van der Waals surface area contributed by atoms with E-state index >= 15 is 0 Å². The molecular weight excluding hydrogens is 238 g/mol. The van der Waals surface area contributed by atoms with Crippen molar-refractivity contribution >= 4 is 12.4 Å². The first kappa shape index (κ1) is 14.5. The van der Waals surface area contributed by atoms with Crippen LogP contribution < -0.4 is 5.73 Å². The topological polar surface area (TPSA) is 55.3 Å². The van der Waals surface area contributed by atoms with Crippen LogP contribution in [0.1, 0.15) is 31.2 Å². The highest BCUT2D eigenvalue weighted by atomic mass is 35.5. The van der Waals surface area contributed by atoms with Crippen molar-refractivity contribution in [3.63, 3.8) is 0 Å². The quantitative estimate of drug-likeness (QED) is 0.902. The van der Waals surface area contributed by atoms with E-state index in [1.807, 2.05) is 13.0 Å². The van der Waals surface area contributed by atoms with E-state index in [1.165, 1.54) is 12.8 Å². The number of aryl methyl sites for hydroxylation is 1. The average Bonchev–Trinajstić information content (AvgIpc) is 2.64. The summed E-state index contributed by atoms with van der Waals surface area (Å²) in [5, 5.41) is 4.03. The molecule has 2 N–H and O–H groups in total. The molecule has 0 aliphatic carbocycles. The van der Waals surface area contributed by atoms with Gasteiger partial charge in [0.2, 0.25) is 0 Å². The van der Waals surface area contributed by atoms with Crippen LogP contribution in [0.15, 0.2) is 10.6 Å². The number of rotatable bonds is 3. The van der Waals surface area contributed by atoms with E-state index in [4.69, 9.17) is 10.3 Å². The Bertz CT molecular complexity index is 340. The van der Waals surface area contributed by atoms with Crippen LogP contribution in [-0.4, -0.2) is 29.2 Å². The van der Waals surface area contributed by atoms with Gasteiger partial charge in [0, 0.05) is 25.2 Å². The number of nitrogens with zero attached hydrogens (tertiary/aromatic N) is 2. The molecule has 1 fully saturated rings. The van der Waals surface area contributed by atoms with E-state index in [0.717, 1.165) is 31.1 Å². The van der Waals surface area contributed by atoms with Crippen LogP contribution in [0.25, 0.3) is 0 Å². The zero-order valence-corrected chi connectivity index (χ0v) is 11.4. The highest BCUT2D eigenvalue weighted by Crippen LogP contribution is 2.20. The lowest BCUT2D eigenvalue weighted by Crippen LogP contribution is -2.41. The molecule has 2 heterocycles. The maximum atomic E-state index is 5.97. The van der Waals surface area contributed by atoms with Crippen molar-refractivity contribution in [2.45, 2.75) is 39.3 Å². The maximum absolute atomic E-state index is 5.97. The van der Waals surface area contributed by atoms with E-state index in [2.05, 4.69) is 17.0 Å². The number of aromatic nitrogens is 1. The standard InChI is InChI=1S/C12H21N3O.ClH/c1-9-6-12(14-16-9)8-15-5-3-4-11(7-15)10(2)13;/h6,10-11H,3-5,7-8,13H2,1-2H3;1H. The predicted octanol–water partition coefficient (Wildman–Crippen LogP) is 1.96. The summed E-state index contributed by atoms with van der Waals surface area (Å²) in [6, 6.07) is 2.30. The Morgan fingerprint density at radius 1 is 1.65 bits per heavy atom. The normalized spacial score (nSPS) is 23.1. The highest BCUT2D eigenvalue weighted by molar-refractivity contribution is 5.85. The van der Waals surface area contributed by atoms with E-state index in [0.29, 0.717) is 12.0 Å². The number of likely N-dealkylation sites (tertiary alicyclic amines) is 1. The Labute approximate surface area is 109 Å². The zero-order valence-electron chi connectivity index (χ0n) is 10.6. The van der Waals surface area contributed by atoms with Gasteiger partial charge in [0.15, 0.2) is 0 Å². The first-order valence-corrected chi connectivity index (χ1v) is 6.05. The third-order valence-corrected chi connectivity index (χ3v) is 3.35. The third-order valence-electron chi connectivity index (χ3n) is 3.35. The smallest absolute Gasteiger partial charge is 0.133 e. The molecule has 1 aliphatic rings. The first-order chi connectivity index (χ1) is 7.65. The Balaban J connectivity index is 0.00000144. The highest BCUT2D eigenvalue weighted by Gasteiger charge is 2.23. The van der Waals surface area contributed by atoms with Gasteiger partial charge in [-0.3, -0.25) is 4.90 Å². The minimum atomic E-state index is 0. The molecule has 1 aromatic heterocycles. The van der Waals surface area contributed by atoms with Crippen LogP contribution in [0.4, 0.5) is 0 Å². The molecule has 2 unspecified atom stereocenters. The van der Waals surface area contributed by atoms with Crippen molar-refractivity contribution in [2.75, 3.05) is 13.1 Å². The molecule has 2 rings (SSSR count). The summed E-state index contributed by atoms with van der Waals surface area (Å²) in [4.78, 5) is 2.43. The summed E-state index contributed by atoms with van der Waals surface area (Å²) < 4.78 is 5.08. The van der Waals surface area contributed by atoms with Gasteiger partial charge in [-0.1, -0.05) is 5.16 Å². The fourth-order valence-electron chi connectivity index (χ4n) is 2.39. The first-order valence-electron chi connectivity index (χ1n) is 6.05. The van der Waals surface area contributed by atoms with Gasteiger partial charge in [-0.15, -0.1) is 12.4 Å². The third kappa shape index (κ3) is 3.98. The lowest BCUT2D eigenvalue weighted by atomic mass is 9.92. The molecule has 1 aromatic rings. The molecule has 0 radical (unpaired) electrons. The van der Waals surface area contributed by atoms with E-state index in [1.54, 1.807) is 0 Å². The molecule has 0 spiro atoms. The summed E-state index contributed by atoms with van der Waals surface area (Å²) in [6.45, 7) is 7.16. The van der Waals surface area contributed by atoms with Crippen LogP contribution in [0, 0.1) is 12.8 Å². The molecule has 2 atom stereocenters. The average molecular weight is 260 g/mol. The summed E-state index contributed by atoms with van der Waals surface area (Å²) in [6.07, 6.45) is 2.50. The van der Waals surface area contributed by atoms with Crippen LogP contribution in [-0.2, 0) is 6.54 Å². The van der Waals surface area contributed by atoms with Gasteiger partial charge >= 0.3 is 0 Å². The Kier molecular flexibility index (Phi) is 5.43. The monoisotopic (exact) mass is 259 g/mol. The minimum Gasteiger partial charge on any atom is -0.361 e. The van der Waals surface area contributed by atoms with Crippen molar-refractivity contribution in [2.24, 2.45) is 11.7 Å². The molecule has 0 saturated carbocycles. The second kappa shape index (κ2) is 6.38. The van der Waals surface area contributed by atoms with Crippen molar-refractivity contribution in [1.82, 2.24) is 10.1 Å². The van der Waals surface area contributed by atoms with Crippen LogP contribution >= 0.6 is 12.4 Å². The number of hydrogen-bond acceptors (Lipinski definition) is 4. The summed E-state index contributed by atoms with van der Waals surface area (Å²) in [5.41, 5.74) is 7.00. The summed E-state index contributed by atoms with van der Waals surface area (Å²) >= 11 is 0. The van der Waals surface area contributed by atoms with E-state index < -0.39 is 0 Å². The van der Waals surface area contributed by atoms with Gasteiger partial charge in [-0.05, 0) is 39.2 Å². The molecule has 1 aliphatic heterocycles. The number of piperidine rings is 1. The molecule has 5 heteroatoms. The molecule has 98 valence electrons. The summed E-state index contributed by atoms with van der Waals surface area (Å²) in [5.74, 6) is 1.51. The number of hydrogen-bond donors (Lipinski definition) is 1. The molecule has 0 aromatic carbocycles. The molecule has 17 heavy (non-hydrogen) atoms. The number of halogens is 1. The molecular formula is C12H22ClN3O. The minimum absolute atomic E-state index is 0. The van der Waals surface area contributed by atoms with Gasteiger partial charge in [0.05, 0.1) is 5.69 Å². The fourth-order valence-corrected chi connectivity index (χ4v) is 2.39. The zero-order chi connectivity index (χ0) is 11.5. The lowest BCUT2D eigenvalue weighted by molar-refractivity contribution is 0.151. The molecule has 0 bridgehead atoms. The Hall–Kier alpha value is -0.580. The van der Waals surface area contributed by atoms with Crippen LogP contribution in [0.5, 0.6) is 0 Å². The van der Waals surface area contributed by atoms with E-state index in [-0.39, 0.29) is 12.4 Å². The maximum Gasteiger partial charge on any atom is 0.133 e. The molecule has 0 amide bonds. The molecule has 1 saturated heterocycles. The van der Waals surface area contributed by atoms with Crippen molar-refractivity contribution in [3.8, 4) is 0 Å². The van der Waals surface area contributed by atoms with Crippen molar-refractivity contribution in [3.05, 3.63) is 17.5 Å². The van der Waals surface area contributed by atoms with E-state index in [9.17, 15) is 0 Å². The summed E-state index contributed by atoms with van der Waals surface area (Å²) in [7, 11) is 0. The largest absolute Gasteiger partial charge is 0.361 e. The fraction of sp³-hybridized carbons (Fsp3) is 0.750. The second-order valence-electron chi connectivity index (χ2n) is 4.93. The SMILES string of the molecule is Cc1cc(CN2CCCC(C(C)N)C2)no1.Cl. The van der Waals surface area contributed by atoms with Crippen LogP contribution in [0.2, 0.25) is 0 Å². The van der Waals surface area contributed by atoms with Crippen molar-refractivity contribution in [1.29, 1.82) is 0 Å².